The van der Waals surface area contributed by atoms with E-state index in [1.54, 1.807) is 4.90 Å². The van der Waals surface area contributed by atoms with Gasteiger partial charge in [-0.2, -0.15) is 0 Å². The van der Waals surface area contributed by atoms with Crippen LogP contribution in [0.2, 0.25) is 0 Å². The van der Waals surface area contributed by atoms with E-state index in [0.717, 1.165) is 101 Å². The first-order valence-corrected chi connectivity index (χ1v) is 18.2. The molecular formula is C37H53N7O3. The molecule has 0 unspecified atom stereocenters. The molecule has 5 aliphatic rings. The molecule has 254 valence electrons. The summed E-state index contributed by atoms with van der Waals surface area (Å²) in [5.41, 5.74) is 2.45. The third-order valence-electron chi connectivity index (χ3n) is 11.4. The van der Waals surface area contributed by atoms with E-state index in [2.05, 4.69) is 21.7 Å². The van der Waals surface area contributed by atoms with E-state index in [9.17, 15) is 9.59 Å². The maximum atomic E-state index is 13.7. The molecule has 0 N–H and O–H groups in total. The van der Waals surface area contributed by atoms with Crippen LogP contribution in [-0.4, -0.2) is 114 Å². The smallest absolute Gasteiger partial charge is 0.253 e. The summed E-state index contributed by atoms with van der Waals surface area (Å²) >= 11 is 0. The zero-order valence-corrected chi connectivity index (χ0v) is 28.9. The van der Waals surface area contributed by atoms with Gasteiger partial charge >= 0.3 is 0 Å². The lowest BCUT2D eigenvalue weighted by atomic mass is 9.99. The maximum Gasteiger partial charge on any atom is 0.253 e. The van der Waals surface area contributed by atoms with Gasteiger partial charge in [0.15, 0.2) is 5.82 Å². The molecule has 1 aromatic heterocycles. The predicted octanol–water partition coefficient (Wildman–Crippen LogP) is 4.60. The molecule has 4 heterocycles. The van der Waals surface area contributed by atoms with E-state index < -0.39 is 0 Å². The Morgan fingerprint density at radius 3 is 2.38 bits per heavy atom. The third-order valence-corrected chi connectivity index (χ3v) is 11.4. The van der Waals surface area contributed by atoms with Crippen LogP contribution in [-0.2, 0) is 11.2 Å². The van der Waals surface area contributed by atoms with Gasteiger partial charge in [0.2, 0.25) is 5.91 Å². The number of likely N-dealkylation sites (tertiary alicyclic amines) is 1. The number of fused-ring (bicyclic) bond motifs is 2. The minimum absolute atomic E-state index is 0.0203. The Morgan fingerprint density at radius 2 is 1.66 bits per heavy atom. The van der Waals surface area contributed by atoms with Crippen LogP contribution < -0.4 is 14.5 Å². The largest absolute Gasteiger partial charge is 0.491 e. The molecule has 2 atom stereocenters. The van der Waals surface area contributed by atoms with Gasteiger partial charge in [-0.25, -0.2) is 9.97 Å². The minimum Gasteiger partial charge on any atom is -0.491 e. The molecule has 0 spiro atoms. The van der Waals surface area contributed by atoms with Crippen LogP contribution in [0.3, 0.4) is 0 Å². The standard InChI is InChI=1S/C37H53N7O3/c1-25(2)47-33-22-27(36(45)43-16-14-28(15-17-43)42-20-18-40(3)19-21-42)13-12-26(33)23-34-38-24-32-35(39-34)44(29-8-5-6-9-29)31-11-7-10-30(31)37(46)41(32)4/h12-13,22,24-25,28-31H,5-11,14-21,23H2,1-4H3/t30-,31+/m0/s1. The molecule has 10 heteroatoms. The number of anilines is 2. The Morgan fingerprint density at radius 1 is 0.915 bits per heavy atom. The van der Waals surface area contributed by atoms with Crippen molar-refractivity contribution < 1.29 is 14.3 Å². The van der Waals surface area contributed by atoms with Crippen molar-refractivity contribution in [2.45, 2.75) is 102 Å². The van der Waals surface area contributed by atoms with Gasteiger partial charge in [0.1, 0.15) is 17.3 Å². The zero-order valence-electron chi connectivity index (χ0n) is 28.9. The van der Waals surface area contributed by atoms with Gasteiger partial charge in [-0.3, -0.25) is 14.5 Å². The predicted molar refractivity (Wildman–Crippen MR) is 184 cm³/mol. The van der Waals surface area contributed by atoms with E-state index in [0.29, 0.717) is 35.6 Å². The fourth-order valence-electron chi connectivity index (χ4n) is 8.80. The molecule has 10 nitrogen and oxygen atoms in total. The van der Waals surface area contributed by atoms with Gasteiger partial charge in [0.25, 0.3) is 5.91 Å². The van der Waals surface area contributed by atoms with Gasteiger partial charge < -0.3 is 24.3 Å². The average molecular weight is 644 g/mol. The molecule has 2 saturated carbocycles. The molecule has 0 radical (unpaired) electrons. The lowest BCUT2D eigenvalue weighted by Gasteiger charge is -2.42. The molecule has 2 amide bonds. The molecule has 2 saturated heterocycles. The summed E-state index contributed by atoms with van der Waals surface area (Å²) in [4.78, 5) is 48.7. The molecule has 0 bridgehead atoms. The quantitative estimate of drug-likeness (QED) is 0.433. The summed E-state index contributed by atoms with van der Waals surface area (Å²) in [6.45, 7) is 10.1. The second kappa shape index (κ2) is 13.7. The van der Waals surface area contributed by atoms with Gasteiger partial charge in [0.05, 0.1) is 18.2 Å². The van der Waals surface area contributed by atoms with Gasteiger partial charge in [0, 0.05) is 82.0 Å². The molecule has 3 aliphatic heterocycles. The Kier molecular flexibility index (Phi) is 9.42. The van der Waals surface area contributed by atoms with E-state index in [4.69, 9.17) is 14.7 Å². The fraction of sp³-hybridized carbons (Fsp3) is 0.676. The van der Waals surface area contributed by atoms with Crippen molar-refractivity contribution in [1.29, 1.82) is 0 Å². The van der Waals surface area contributed by atoms with E-state index in [1.807, 2.05) is 50.2 Å². The average Bonchev–Trinajstić information content (AvgIpc) is 3.77. The molecule has 1 aromatic carbocycles. The number of carbonyl (C=O) groups is 2. The van der Waals surface area contributed by atoms with Gasteiger partial charge in [-0.1, -0.05) is 25.3 Å². The highest BCUT2D eigenvalue weighted by Gasteiger charge is 2.46. The highest BCUT2D eigenvalue weighted by atomic mass is 16.5. The Balaban J connectivity index is 1.11. The van der Waals surface area contributed by atoms with Crippen molar-refractivity contribution in [3.8, 4) is 5.75 Å². The number of rotatable bonds is 7. The number of carbonyl (C=O) groups excluding carboxylic acids is 2. The number of ether oxygens (including phenoxy) is 1. The Bertz CT molecular complexity index is 1440. The molecule has 7 rings (SSSR count). The van der Waals surface area contributed by atoms with Crippen LogP contribution in [0.1, 0.15) is 93.4 Å². The molecule has 2 aliphatic carbocycles. The van der Waals surface area contributed by atoms with Crippen molar-refractivity contribution in [3.05, 3.63) is 41.3 Å². The number of hydrogen-bond donors (Lipinski definition) is 0. The minimum atomic E-state index is -0.0387. The third kappa shape index (κ3) is 6.60. The van der Waals surface area contributed by atoms with Gasteiger partial charge in [-0.05, 0) is 71.6 Å². The number of nitrogens with zero attached hydrogens (tertiary/aromatic N) is 7. The fourth-order valence-corrected chi connectivity index (χ4v) is 8.80. The monoisotopic (exact) mass is 643 g/mol. The normalized spacial score (nSPS) is 25.0. The number of hydrogen-bond acceptors (Lipinski definition) is 8. The highest BCUT2D eigenvalue weighted by molar-refractivity contribution is 5.99. The van der Waals surface area contributed by atoms with E-state index in [-0.39, 0.29) is 29.9 Å². The first-order chi connectivity index (χ1) is 22.8. The lowest BCUT2D eigenvalue weighted by molar-refractivity contribution is -0.122. The van der Waals surface area contributed by atoms with Crippen molar-refractivity contribution in [2.24, 2.45) is 5.92 Å². The summed E-state index contributed by atoms with van der Waals surface area (Å²) in [6, 6.07) is 7.08. The highest BCUT2D eigenvalue weighted by Crippen LogP contribution is 2.44. The number of benzene rings is 1. The lowest BCUT2D eigenvalue weighted by Crippen LogP contribution is -2.52. The first kappa shape index (κ1) is 32.3. The SMILES string of the molecule is CC(C)Oc1cc(C(=O)N2CCC(N3CCN(C)CC3)CC2)ccc1Cc1ncc2c(n1)N(C1CCCC1)[C@@H]1CCC[C@@H]1C(=O)N2C. The Hall–Kier alpha value is -3.24. The van der Waals surface area contributed by atoms with Crippen LogP contribution in [0.4, 0.5) is 11.5 Å². The summed E-state index contributed by atoms with van der Waals surface area (Å²) in [7, 11) is 4.08. The van der Waals surface area contributed by atoms with Gasteiger partial charge in [-0.15, -0.1) is 0 Å². The second-order valence-corrected chi connectivity index (χ2v) is 14.9. The van der Waals surface area contributed by atoms with E-state index in [1.165, 1.54) is 12.8 Å². The van der Waals surface area contributed by atoms with Crippen LogP contribution in [0.5, 0.6) is 5.75 Å². The van der Waals surface area contributed by atoms with Crippen molar-refractivity contribution in [1.82, 2.24) is 24.7 Å². The first-order valence-electron chi connectivity index (χ1n) is 18.2. The molecule has 4 fully saturated rings. The number of amides is 2. The summed E-state index contributed by atoms with van der Waals surface area (Å²) < 4.78 is 6.32. The summed E-state index contributed by atoms with van der Waals surface area (Å²) in [6.07, 6.45) is 12.2. The topological polar surface area (TPSA) is 85.4 Å². The molecule has 47 heavy (non-hydrogen) atoms. The van der Waals surface area contributed by atoms with Crippen LogP contribution >= 0.6 is 0 Å². The maximum absolute atomic E-state index is 13.7. The second-order valence-electron chi connectivity index (χ2n) is 14.9. The van der Waals surface area contributed by atoms with Crippen LogP contribution in [0, 0.1) is 5.92 Å². The van der Waals surface area contributed by atoms with Crippen LogP contribution in [0.25, 0.3) is 0 Å². The number of piperazine rings is 1. The zero-order chi connectivity index (χ0) is 32.7. The summed E-state index contributed by atoms with van der Waals surface area (Å²) in [5, 5.41) is 0. The van der Waals surface area contributed by atoms with E-state index >= 15 is 0 Å². The van der Waals surface area contributed by atoms with Crippen LogP contribution in [0.15, 0.2) is 24.4 Å². The molecular weight excluding hydrogens is 590 g/mol. The molecule has 2 aromatic rings. The number of aromatic nitrogens is 2. The number of piperidine rings is 1. The Labute approximate surface area is 280 Å². The number of likely N-dealkylation sites (N-methyl/N-ethyl adjacent to an activating group) is 1. The van der Waals surface area contributed by atoms with Crippen molar-refractivity contribution >= 4 is 23.3 Å². The van der Waals surface area contributed by atoms with Crippen molar-refractivity contribution in [3.63, 3.8) is 0 Å². The van der Waals surface area contributed by atoms with Crippen molar-refractivity contribution in [2.75, 3.05) is 63.2 Å². The summed E-state index contributed by atoms with van der Waals surface area (Å²) in [5.74, 6) is 2.63.